The van der Waals surface area contributed by atoms with Crippen LogP contribution in [0.15, 0.2) is 29.2 Å². The Morgan fingerprint density at radius 3 is 2.29 bits per heavy atom. The highest BCUT2D eigenvalue weighted by Gasteiger charge is 2.21. The quantitative estimate of drug-likeness (QED) is 0.835. The standard InChI is InChI=1S/C15H24N2O3S/c1-12(17-9-3-4-10-17)11-16-21(19,20)15-7-5-14(6-8-15)13(2)18/h5-8,12-13,16,18H,3-4,9-11H2,1-2H3. The van der Waals surface area contributed by atoms with E-state index in [2.05, 4.69) is 9.62 Å². The summed E-state index contributed by atoms with van der Waals surface area (Å²) in [6.07, 6.45) is 1.79. The van der Waals surface area contributed by atoms with Crippen LogP contribution in [-0.4, -0.2) is 44.1 Å². The van der Waals surface area contributed by atoms with E-state index in [1.54, 1.807) is 19.1 Å². The van der Waals surface area contributed by atoms with Crippen LogP contribution in [0.4, 0.5) is 0 Å². The van der Waals surface area contributed by atoms with Crippen LogP contribution >= 0.6 is 0 Å². The molecule has 1 aliphatic rings. The lowest BCUT2D eigenvalue weighted by molar-refractivity contribution is 0.199. The van der Waals surface area contributed by atoms with Crippen molar-refractivity contribution in [2.24, 2.45) is 0 Å². The Bertz CT molecular complexity index is 549. The van der Waals surface area contributed by atoms with Gasteiger partial charge in [-0.25, -0.2) is 13.1 Å². The summed E-state index contributed by atoms with van der Waals surface area (Å²) in [5, 5.41) is 9.44. The van der Waals surface area contributed by atoms with Crippen molar-refractivity contribution >= 4 is 10.0 Å². The third-order valence-corrected chi connectivity index (χ3v) is 5.45. The molecule has 0 aliphatic carbocycles. The van der Waals surface area contributed by atoms with E-state index in [1.807, 2.05) is 6.92 Å². The highest BCUT2D eigenvalue weighted by molar-refractivity contribution is 7.89. The van der Waals surface area contributed by atoms with Gasteiger partial charge in [0.2, 0.25) is 10.0 Å². The van der Waals surface area contributed by atoms with E-state index in [0.29, 0.717) is 12.1 Å². The van der Waals surface area contributed by atoms with Crippen LogP contribution in [0.25, 0.3) is 0 Å². The van der Waals surface area contributed by atoms with Crippen LogP contribution in [0.1, 0.15) is 38.4 Å². The van der Waals surface area contributed by atoms with Crippen LogP contribution in [0, 0.1) is 0 Å². The zero-order valence-electron chi connectivity index (χ0n) is 12.6. The van der Waals surface area contributed by atoms with Crippen molar-refractivity contribution in [1.29, 1.82) is 0 Å². The average Bonchev–Trinajstić information content (AvgIpc) is 2.99. The topological polar surface area (TPSA) is 69.6 Å². The predicted molar refractivity (Wildman–Crippen MR) is 82.5 cm³/mol. The fraction of sp³-hybridized carbons (Fsp3) is 0.600. The molecule has 1 heterocycles. The first-order valence-electron chi connectivity index (χ1n) is 7.42. The van der Waals surface area contributed by atoms with E-state index in [1.165, 1.54) is 25.0 Å². The van der Waals surface area contributed by atoms with Crippen LogP contribution in [0.2, 0.25) is 0 Å². The molecule has 118 valence electrons. The summed E-state index contributed by atoms with van der Waals surface area (Å²) in [5.41, 5.74) is 0.708. The number of hydrogen-bond donors (Lipinski definition) is 2. The molecule has 1 aliphatic heterocycles. The highest BCUT2D eigenvalue weighted by atomic mass is 32.2. The van der Waals surface area contributed by atoms with E-state index in [0.717, 1.165) is 13.1 Å². The highest BCUT2D eigenvalue weighted by Crippen LogP contribution is 2.16. The van der Waals surface area contributed by atoms with Crippen molar-refractivity contribution in [3.8, 4) is 0 Å². The van der Waals surface area contributed by atoms with Crippen molar-refractivity contribution in [2.45, 2.75) is 43.7 Å². The molecular formula is C15H24N2O3S. The van der Waals surface area contributed by atoms with E-state index in [4.69, 9.17) is 0 Å². The van der Waals surface area contributed by atoms with Gasteiger partial charge in [-0.3, -0.25) is 4.90 Å². The minimum Gasteiger partial charge on any atom is -0.389 e. The monoisotopic (exact) mass is 312 g/mol. The largest absolute Gasteiger partial charge is 0.389 e. The number of benzene rings is 1. The average molecular weight is 312 g/mol. The van der Waals surface area contributed by atoms with Gasteiger partial charge in [-0.2, -0.15) is 0 Å². The Hall–Kier alpha value is -0.950. The molecule has 0 amide bonds. The van der Waals surface area contributed by atoms with Gasteiger partial charge in [-0.15, -0.1) is 0 Å². The summed E-state index contributed by atoms with van der Waals surface area (Å²) in [6.45, 7) is 6.21. The molecule has 2 unspecified atom stereocenters. The lowest BCUT2D eigenvalue weighted by Crippen LogP contribution is -2.40. The van der Waals surface area contributed by atoms with Crippen LogP contribution in [0.3, 0.4) is 0 Å². The lowest BCUT2D eigenvalue weighted by Gasteiger charge is -2.23. The van der Waals surface area contributed by atoms with Crippen LogP contribution in [0.5, 0.6) is 0 Å². The molecule has 0 radical (unpaired) electrons. The Morgan fingerprint density at radius 2 is 1.76 bits per heavy atom. The van der Waals surface area contributed by atoms with E-state index in [-0.39, 0.29) is 10.9 Å². The van der Waals surface area contributed by atoms with E-state index >= 15 is 0 Å². The molecule has 0 aromatic heterocycles. The van der Waals surface area contributed by atoms with Gasteiger partial charge in [-0.05, 0) is 57.5 Å². The molecule has 5 nitrogen and oxygen atoms in total. The fourth-order valence-electron chi connectivity index (χ4n) is 2.55. The van der Waals surface area contributed by atoms with Crippen molar-refractivity contribution in [1.82, 2.24) is 9.62 Å². The number of aliphatic hydroxyl groups is 1. The first kappa shape index (κ1) is 16.4. The van der Waals surface area contributed by atoms with Crippen molar-refractivity contribution in [3.63, 3.8) is 0 Å². The summed E-state index contributed by atoms with van der Waals surface area (Å²) in [6, 6.07) is 6.56. The molecule has 1 aromatic carbocycles. The molecule has 2 atom stereocenters. The maximum absolute atomic E-state index is 12.2. The molecule has 0 spiro atoms. The molecule has 0 saturated carbocycles. The zero-order chi connectivity index (χ0) is 15.5. The van der Waals surface area contributed by atoms with Gasteiger partial charge < -0.3 is 5.11 Å². The van der Waals surface area contributed by atoms with E-state index in [9.17, 15) is 13.5 Å². The smallest absolute Gasteiger partial charge is 0.240 e. The summed E-state index contributed by atoms with van der Waals surface area (Å²) < 4.78 is 27.1. The summed E-state index contributed by atoms with van der Waals surface area (Å²) >= 11 is 0. The number of rotatable bonds is 6. The fourth-order valence-corrected chi connectivity index (χ4v) is 3.67. The molecule has 6 heteroatoms. The number of nitrogens with zero attached hydrogens (tertiary/aromatic N) is 1. The third-order valence-electron chi connectivity index (χ3n) is 4.01. The maximum Gasteiger partial charge on any atom is 0.240 e. The molecule has 2 rings (SSSR count). The van der Waals surface area contributed by atoms with Gasteiger partial charge in [0, 0.05) is 12.6 Å². The first-order valence-corrected chi connectivity index (χ1v) is 8.90. The first-order chi connectivity index (χ1) is 9.90. The van der Waals surface area contributed by atoms with Crippen molar-refractivity contribution < 1.29 is 13.5 Å². The molecule has 2 N–H and O–H groups in total. The summed E-state index contributed by atoms with van der Waals surface area (Å²) in [5.74, 6) is 0. The third kappa shape index (κ3) is 4.26. The number of likely N-dealkylation sites (tertiary alicyclic amines) is 1. The molecular weight excluding hydrogens is 288 g/mol. The second-order valence-electron chi connectivity index (χ2n) is 5.69. The molecule has 1 aromatic rings. The summed E-state index contributed by atoms with van der Waals surface area (Å²) in [7, 11) is -3.49. The molecule has 1 fully saturated rings. The minimum atomic E-state index is -3.49. The van der Waals surface area contributed by atoms with Gasteiger partial charge in [0.25, 0.3) is 0 Å². The van der Waals surface area contributed by atoms with Gasteiger partial charge in [-0.1, -0.05) is 12.1 Å². The SMILES string of the molecule is CC(O)c1ccc(S(=O)(=O)NCC(C)N2CCCC2)cc1. The van der Waals surface area contributed by atoms with Crippen molar-refractivity contribution in [2.75, 3.05) is 19.6 Å². The molecule has 1 saturated heterocycles. The van der Waals surface area contributed by atoms with Crippen LogP contribution < -0.4 is 4.72 Å². The Kier molecular flexibility index (Phi) is 5.37. The van der Waals surface area contributed by atoms with Crippen LogP contribution in [-0.2, 0) is 10.0 Å². The number of sulfonamides is 1. The Morgan fingerprint density at radius 1 is 1.19 bits per heavy atom. The Balaban J connectivity index is 1.97. The molecule has 21 heavy (non-hydrogen) atoms. The maximum atomic E-state index is 12.2. The normalized spacial score (nSPS) is 19.6. The second-order valence-corrected chi connectivity index (χ2v) is 7.46. The van der Waals surface area contributed by atoms with Crippen molar-refractivity contribution in [3.05, 3.63) is 29.8 Å². The van der Waals surface area contributed by atoms with Gasteiger partial charge in [0.05, 0.1) is 11.0 Å². The lowest BCUT2D eigenvalue weighted by atomic mass is 10.1. The van der Waals surface area contributed by atoms with Gasteiger partial charge in [0.15, 0.2) is 0 Å². The second kappa shape index (κ2) is 6.87. The Labute approximate surface area is 127 Å². The summed E-state index contributed by atoms with van der Waals surface area (Å²) in [4.78, 5) is 2.54. The zero-order valence-corrected chi connectivity index (χ0v) is 13.4. The van der Waals surface area contributed by atoms with Gasteiger partial charge in [0.1, 0.15) is 0 Å². The van der Waals surface area contributed by atoms with Gasteiger partial charge >= 0.3 is 0 Å². The predicted octanol–water partition coefficient (Wildman–Crippen LogP) is 1.50. The number of nitrogens with one attached hydrogen (secondary N) is 1. The number of hydrogen-bond acceptors (Lipinski definition) is 4. The molecule has 0 bridgehead atoms. The van der Waals surface area contributed by atoms with E-state index < -0.39 is 16.1 Å². The number of aliphatic hydroxyl groups excluding tert-OH is 1. The minimum absolute atomic E-state index is 0.207.